The fourth-order valence-electron chi connectivity index (χ4n) is 2.12. The van der Waals surface area contributed by atoms with Crippen LogP contribution in [0.5, 0.6) is 0 Å². The molecule has 0 heterocycles. The van der Waals surface area contributed by atoms with Crippen molar-refractivity contribution in [3.05, 3.63) is 70.2 Å². The third-order valence-electron chi connectivity index (χ3n) is 3.14. The van der Waals surface area contributed by atoms with E-state index in [0.717, 1.165) is 10.0 Å². The zero-order valence-corrected chi connectivity index (χ0v) is 13.3. The highest BCUT2D eigenvalue weighted by atomic mass is 79.9. The minimum atomic E-state index is -0.316. The lowest BCUT2D eigenvalue weighted by Crippen LogP contribution is -2.28. The van der Waals surface area contributed by atoms with Crippen LogP contribution < -0.4 is 5.32 Å². The molecule has 0 fully saturated rings. The predicted molar refractivity (Wildman–Crippen MR) is 86.1 cm³/mol. The number of ketones is 1. The van der Waals surface area contributed by atoms with Gasteiger partial charge in [0.25, 0.3) is 0 Å². The Morgan fingerprint density at radius 3 is 2.24 bits per heavy atom. The summed E-state index contributed by atoms with van der Waals surface area (Å²) >= 11 is 3.38. The highest BCUT2D eigenvalue weighted by Crippen LogP contribution is 2.21. The Bertz CT molecular complexity index is 623. The highest BCUT2D eigenvalue weighted by molar-refractivity contribution is 9.10. The van der Waals surface area contributed by atoms with Crippen LogP contribution in [0.15, 0.2) is 59.1 Å². The second-order valence-electron chi connectivity index (χ2n) is 4.80. The van der Waals surface area contributed by atoms with Gasteiger partial charge in [0.1, 0.15) is 0 Å². The van der Waals surface area contributed by atoms with Crippen LogP contribution in [0.25, 0.3) is 0 Å². The molecule has 21 heavy (non-hydrogen) atoms. The first kappa shape index (κ1) is 15.4. The molecule has 0 saturated carbocycles. The maximum absolute atomic E-state index is 12.3. The van der Waals surface area contributed by atoms with E-state index in [1.807, 2.05) is 42.5 Å². The number of hydrogen-bond acceptors (Lipinski definition) is 2. The molecule has 0 aliphatic heterocycles. The molecule has 0 bridgehead atoms. The fourth-order valence-corrected chi connectivity index (χ4v) is 2.38. The molecule has 1 N–H and O–H groups in total. The van der Waals surface area contributed by atoms with Gasteiger partial charge in [0.15, 0.2) is 5.78 Å². The normalized spacial score (nSPS) is 11.7. The number of rotatable bonds is 5. The van der Waals surface area contributed by atoms with Gasteiger partial charge in [-0.1, -0.05) is 58.4 Å². The van der Waals surface area contributed by atoms with Crippen LogP contribution >= 0.6 is 15.9 Å². The minimum absolute atomic E-state index is 0.0114. The van der Waals surface area contributed by atoms with Crippen LogP contribution in [0.3, 0.4) is 0 Å². The number of halogens is 1. The number of carbonyl (C=O) groups excluding carboxylic acids is 2. The van der Waals surface area contributed by atoms with Crippen LogP contribution in [-0.2, 0) is 4.79 Å². The van der Waals surface area contributed by atoms with Crippen LogP contribution in [0.2, 0.25) is 0 Å². The van der Waals surface area contributed by atoms with Crippen molar-refractivity contribution in [1.82, 2.24) is 5.32 Å². The molecular weight excluding hydrogens is 330 g/mol. The molecule has 1 atom stereocenters. The summed E-state index contributed by atoms with van der Waals surface area (Å²) in [7, 11) is 0. The molecule has 2 rings (SSSR count). The molecule has 108 valence electrons. The van der Waals surface area contributed by atoms with Gasteiger partial charge in [0.2, 0.25) is 5.91 Å². The summed E-state index contributed by atoms with van der Waals surface area (Å²) < 4.78 is 0.960. The van der Waals surface area contributed by atoms with Crippen molar-refractivity contribution in [3.8, 4) is 0 Å². The molecule has 0 radical (unpaired) electrons. The minimum Gasteiger partial charge on any atom is -0.349 e. The van der Waals surface area contributed by atoms with Gasteiger partial charge in [-0.25, -0.2) is 0 Å². The van der Waals surface area contributed by atoms with E-state index in [0.29, 0.717) is 5.56 Å². The topological polar surface area (TPSA) is 46.2 Å². The molecule has 0 aliphatic carbocycles. The van der Waals surface area contributed by atoms with Crippen molar-refractivity contribution in [2.75, 3.05) is 0 Å². The summed E-state index contributed by atoms with van der Waals surface area (Å²) in [5.41, 5.74) is 1.57. The third-order valence-corrected chi connectivity index (χ3v) is 3.66. The van der Waals surface area contributed by atoms with Gasteiger partial charge in [0.05, 0.1) is 6.04 Å². The van der Waals surface area contributed by atoms with Gasteiger partial charge < -0.3 is 5.32 Å². The third kappa shape index (κ3) is 4.53. The van der Waals surface area contributed by atoms with Crippen molar-refractivity contribution in [3.63, 3.8) is 0 Å². The smallest absolute Gasteiger partial charge is 0.217 e. The van der Waals surface area contributed by atoms with Crippen molar-refractivity contribution < 1.29 is 9.59 Å². The van der Waals surface area contributed by atoms with E-state index in [4.69, 9.17) is 0 Å². The molecule has 2 aromatic rings. The van der Waals surface area contributed by atoms with Crippen LogP contribution in [0, 0.1) is 0 Å². The van der Waals surface area contributed by atoms with E-state index in [9.17, 15) is 9.59 Å². The second-order valence-corrected chi connectivity index (χ2v) is 5.71. The summed E-state index contributed by atoms with van der Waals surface area (Å²) in [6.45, 7) is 1.46. The molecule has 0 saturated heterocycles. The SMILES string of the molecule is CC(=O)NC(CC(=O)c1ccccc1)c1ccc(Br)cc1. The first-order valence-electron chi connectivity index (χ1n) is 6.67. The molecule has 0 aromatic heterocycles. The van der Waals surface area contributed by atoms with E-state index in [-0.39, 0.29) is 24.2 Å². The summed E-state index contributed by atoms with van der Waals surface area (Å²) in [6.07, 6.45) is 0.241. The molecule has 1 amide bonds. The Kier molecular flexibility index (Phi) is 5.28. The van der Waals surface area contributed by atoms with Gasteiger partial charge in [-0.15, -0.1) is 0 Å². The zero-order chi connectivity index (χ0) is 15.2. The monoisotopic (exact) mass is 345 g/mol. The maximum atomic E-state index is 12.3. The number of hydrogen-bond donors (Lipinski definition) is 1. The second kappa shape index (κ2) is 7.18. The van der Waals surface area contributed by atoms with E-state index < -0.39 is 0 Å². The van der Waals surface area contributed by atoms with Gasteiger partial charge in [-0.2, -0.15) is 0 Å². The van der Waals surface area contributed by atoms with Crippen molar-refractivity contribution in [2.24, 2.45) is 0 Å². The Hall–Kier alpha value is -1.94. The molecule has 0 spiro atoms. The molecular formula is C17H16BrNO2. The summed E-state index contributed by atoms with van der Waals surface area (Å²) in [4.78, 5) is 23.7. The Balaban J connectivity index is 2.18. The number of carbonyl (C=O) groups is 2. The van der Waals surface area contributed by atoms with Gasteiger partial charge in [0, 0.05) is 23.4 Å². The fraction of sp³-hybridized carbons (Fsp3) is 0.176. The average molecular weight is 346 g/mol. The van der Waals surface area contributed by atoms with Crippen molar-refractivity contribution >= 4 is 27.6 Å². The van der Waals surface area contributed by atoms with Crippen molar-refractivity contribution in [2.45, 2.75) is 19.4 Å². The first-order valence-corrected chi connectivity index (χ1v) is 7.46. The zero-order valence-electron chi connectivity index (χ0n) is 11.7. The van der Waals surface area contributed by atoms with Gasteiger partial charge in [-0.3, -0.25) is 9.59 Å². The lowest BCUT2D eigenvalue weighted by molar-refractivity contribution is -0.119. The quantitative estimate of drug-likeness (QED) is 0.835. The van der Waals surface area contributed by atoms with E-state index in [1.54, 1.807) is 12.1 Å². The summed E-state index contributed by atoms with van der Waals surface area (Å²) in [5, 5.41) is 2.84. The maximum Gasteiger partial charge on any atom is 0.217 e. The lowest BCUT2D eigenvalue weighted by Gasteiger charge is -2.18. The molecule has 1 unspecified atom stereocenters. The average Bonchev–Trinajstić information content (AvgIpc) is 2.48. The Morgan fingerprint density at radius 1 is 1.05 bits per heavy atom. The van der Waals surface area contributed by atoms with Gasteiger partial charge >= 0.3 is 0 Å². The predicted octanol–water partition coefficient (Wildman–Crippen LogP) is 3.90. The molecule has 2 aromatic carbocycles. The van der Waals surface area contributed by atoms with Crippen LogP contribution in [0.4, 0.5) is 0 Å². The number of Topliss-reactive ketones (excluding diaryl/α,β-unsaturated/α-hetero) is 1. The molecule has 3 nitrogen and oxygen atoms in total. The van der Waals surface area contributed by atoms with Gasteiger partial charge in [-0.05, 0) is 17.7 Å². The summed E-state index contributed by atoms with van der Waals surface area (Å²) in [6, 6.07) is 16.4. The van der Waals surface area contributed by atoms with Crippen LogP contribution in [-0.4, -0.2) is 11.7 Å². The largest absolute Gasteiger partial charge is 0.349 e. The number of nitrogens with one attached hydrogen (secondary N) is 1. The molecule has 4 heteroatoms. The van der Waals surface area contributed by atoms with Crippen molar-refractivity contribution in [1.29, 1.82) is 0 Å². The first-order chi connectivity index (χ1) is 10.1. The lowest BCUT2D eigenvalue weighted by atomic mass is 9.98. The van der Waals surface area contributed by atoms with E-state index in [1.165, 1.54) is 6.92 Å². The number of benzene rings is 2. The standard InChI is InChI=1S/C17H16BrNO2/c1-12(20)19-16(13-7-9-15(18)10-8-13)11-17(21)14-5-3-2-4-6-14/h2-10,16H,11H2,1H3,(H,19,20). The summed E-state index contributed by atoms with van der Waals surface area (Å²) in [5.74, 6) is -0.138. The highest BCUT2D eigenvalue weighted by Gasteiger charge is 2.18. The van der Waals surface area contributed by atoms with Crippen LogP contribution in [0.1, 0.15) is 35.3 Å². The molecule has 0 aliphatic rings. The van der Waals surface area contributed by atoms with E-state index in [2.05, 4.69) is 21.2 Å². The Labute approximate surface area is 132 Å². The Morgan fingerprint density at radius 2 is 1.67 bits per heavy atom. The number of amides is 1. The van der Waals surface area contributed by atoms with E-state index >= 15 is 0 Å².